The van der Waals surface area contributed by atoms with Gasteiger partial charge in [-0.25, -0.2) is 0 Å². The fourth-order valence-corrected chi connectivity index (χ4v) is 2.77. The van der Waals surface area contributed by atoms with Crippen molar-refractivity contribution in [1.82, 2.24) is 0 Å². The van der Waals surface area contributed by atoms with E-state index in [0.717, 1.165) is 12.8 Å². The molecule has 0 heterocycles. The highest BCUT2D eigenvalue weighted by Gasteiger charge is 2.43. The SMILES string of the molecule is O=P([O-])(O)O[C@@H]1[C@@H](O)[C@H](OP(=O)([O-])O)[CH][CH][C@H]1OP. The largest absolute Gasteiger partial charge is 0.756 e. The Morgan fingerprint density at radius 1 is 1.05 bits per heavy atom. The van der Waals surface area contributed by atoms with Crippen molar-refractivity contribution < 1.29 is 47.4 Å². The minimum absolute atomic E-state index is 1.03. The van der Waals surface area contributed by atoms with Gasteiger partial charge < -0.3 is 38.3 Å². The Hall–Kier alpha value is 0.570. The van der Waals surface area contributed by atoms with E-state index in [2.05, 4.69) is 9.05 Å². The monoisotopic (exact) mass is 336 g/mol. The molecule has 0 saturated heterocycles. The van der Waals surface area contributed by atoms with Crippen LogP contribution in [0.4, 0.5) is 0 Å². The van der Waals surface area contributed by atoms with Gasteiger partial charge in [-0.3, -0.25) is 9.13 Å². The van der Waals surface area contributed by atoms with E-state index in [0.29, 0.717) is 0 Å². The summed E-state index contributed by atoms with van der Waals surface area (Å²) in [7, 11) is -8.56. The lowest BCUT2D eigenvalue weighted by Crippen LogP contribution is -2.52. The number of hydrogen-bond donors (Lipinski definition) is 3. The first-order valence-corrected chi connectivity index (χ1v) is 8.16. The van der Waals surface area contributed by atoms with Crippen LogP contribution in [-0.4, -0.2) is 39.3 Å². The molecule has 3 unspecified atom stereocenters. The van der Waals surface area contributed by atoms with Crippen LogP contribution in [0.2, 0.25) is 0 Å². The van der Waals surface area contributed by atoms with Crippen LogP contribution in [0.25, 0.3) is 0 Å². The van der Waals surface area contributed by atoms with Crippen molar-refractivity contribution in [2.45, 2.75) is 24.4 Å². The molecule has 3 N–H and O–H groups in total. The average Bonchev–Trinajstić information content (AvgIpc) is 2.21. The molecule has 19 heavy (non-hydrogen) atoms. The van der Waals surface area contributed by atoms with Gasteiger partial charge in [0.15, 0.2) is 0 Å². The molecule has 0 aromatic rings. The smallest absolute Gasteiger partial charge is 0.265 e. The predicted molar refractivity (Wildman–Crippen MR) is 58.6 cm³/mol. The summed E-state index contributed by atoms with van der Waals surface area (Å²) in [6.07, 6.45) is -3.97. The lowest BCUT2D eigenvalue weighted by molar-refractivity contribution is -0.238. The second-order valence-corrected chi connectivity index (χ2v) is 6.12. The van der Waals surface area contributed by atoms with Crippen LogP contribution in [0.3, 0.4) is 0 Å². The molecule has 1 aliphatic carbocycles. The van der Waals surface area contributed by atoms with E-state index in [-0.39, 0.29) is 0 Å². The quantitative estimate of drug-likeness (QED) is 0.461. The molecule has 0 aliphatic heterocycles. The van der Waals surface area contributed by atoms with E-state index in [1.54, 1.807) is 9.47 Å². The van der Waals surface area contributed by atoms with Gasteiger partial charge in [0.05, 0.1) is 12.2 Å². The second kappa shape index (κ2) is 6.56. The summed E-state index contributed by atoms with van der Waals surface area (Å²) in [6, 6.07) is 0. The van der Waals surface area contributed by atoms with Gasteiger partial charge in [0, 0.05) is 9.47 Å². The number of aliphatic hydroxyl groups excluding tert-OH is 1. The highest BCUT2D eigenvalue weighted by atomic mass is 31.2. The number of hydrogen-bond acceptors (Lipinski definition) is 8. The van der Waals surface area contributed by atoms with Crippen LogP contribution in [0.1, 0.15) is 0 Å². The molecule has 0 amide bonds. The zero-order chi connectivity index (χ0) is 14.8. The molecule has 1 rings (SSSR count). The summed E-state index contributed by atoms with van der Waals surface area (Å²) in [5.74, 6) is 0. The van der Waals surface area contributed by atoms with Crippen LogP contribution in [0.15, 0.2) is 0 Å². The highest BCUT2D eigenvalue weighted by Crippen LogP contribution is 2.42. The molecule has 0 bridgehead atoms. The van der Waals surface area contributed by atoms with E-state index in [4.69, 9.17) is 14.3 Å². The molecule has 7 atom stereocenters. The fourth-order valence-electron chi connectivity index (χ4n) is 1.47. The number of phosphoric ester groups is 2. The van der Waals surface area contributed by atoms with Gasteiger partial charge in [-0.2, -0.15) is 0 Å². The number of rotatable bonds is 5. The minimum Gasteiger partial charge on any atom is -0.756 e. The Morgan fingerprint density at radius 2 is 1.53 bits per heavy atom. The molecule has 1 fully saturated rings. The average molecular weight is 336 g/mol. The molecular formula is C6H11O10P3-2. The van der Waals surface area contributed by atoms with Crippen LogP contribution < -0.4 is 9.79 Å². The molecule has 112 valence electrons. The minimum atomic E-state index is -5.20. The fraction of sp³-hybridized carbons (Fsp3) is 0.667. The molecular weight excluding hydrogens is 325 g/mol. The number of phosphoric acid groups is 2. The van der Waals surface area contributed by atoms with Gasteiger partial charge in [-0.1, -0.05) is 0 Å². The Labute approximate surface area is 110 Å². The van der Waals surface area contributed by atoms with Crippen molar-refractivity contribution in [3.8, 4) is 0 Å². The van der Waals surface area contributed by atoms with Gasteiger partial charge in [0.25, 0.3) is 15.6 Å². The molecule has 0 aromatic heterocycles. The van der Waals surface area contributed by atoms with Gasteiger partial charge in [0.2, 0.25) is 0 Å². The first-order chi connectivity index (χ1) is 8.53. The van der Waals surface area contributed by atoms with Crippen molar-refractivity contribution in [2.75, 3.05) is 0 Å². The molecule has 1 saturated carbocycles. The summed E-state index contributed by atoms with van der Waals surface area (Å²) in [5, 5.41) is 9.72. The molecule has 2 radical (unpaired) electrons. The molecule has 13 heteroatoms. The van der Waals surface area contributed by atoms with E-state index < -0.39 is 40.1 Å². The Kier molecular flexibility index (Phi) is 6.08. The van der Waals surface area contributed by atoms with Gasteiger partial charge in [-0.05, 0) is 12.8 Å². The molecule has 0 aromatic carbocycles. The van der Waals surface area contributed by atoms with Crippen LogP contribution in [-0.2, 0) is 22.7 Å². The molecule has 0 spiro atoms. The van der Waals surface area contributed by atoms with Crippen molar-refractivity contribution in [1.29, 1.82) is 0 Å². The second-order valence-electron chi connectivity index (χ2n) is 3.55. The molecule has 1 aliphatic rings. The Morgan fingerprint density at radius 3 is 1.95 bits per heavy atom. The van der Waals surface area contributed by atoms with E-state index in [1.807, 2.05) is 0 Å². The van der Waals surface area contributed by atoms with E-state index in [9.17, 15) is 24.0 Å². The van der Waals surface area contributed by atoms with Crippen molar-refractivity contribution in [2.24, 2.45) is 0 Å². The lowest BCUT2D eigenvalue weighted by atomic mass is 9.90. The maximum atomic E-state index is 10.7. The zero-order valence-corrected chi connectivity index (χ0v) is 12.1. The first kappa shape index (κ1) is 17.6. The topological polar surface area (TPSA) is 169 Å². The summed E-state index contributed by atoms with van der Waals surface area (Å²) in [5.41, 5.74) is 0. The standard InChI is InChI=1S/C6H13O10P3/c7-5-3(15-18(8,9)10)1-2-4(14-17)6(5)16-19(11,12)13/h1-7H,17H2,(H2,8,9,10)(H2,11,12,13)/p-2/t3-,4-,5+,6+/m1/s1. The zero-order valence-electron chi connectivity index (χ0n) is 9.14. The van der Waals surface area contributed by atoms with E-state index in [1.165, 1.54) is 0 Å². The first-order valence-electron chi connectivity index (χ1n) is 4.70. The summed E-state index contributed by atoms with van der Waals surface area (Å²) in [4.78, 5) is 38.3. The van der Waals surface area contributed by atoms with Crippen LogP contribution in [0, 0.1) is 12.8 Å². The highest BCUT2D eigenvalue weighted by molar-refractivity contribution is 7.45. The third-order valence-electron chi connectivity index (χ3n) is 2.15. The van der Waals surface area contributed by atoms with Gasteiger partial charge in [0.1, 0.15) is 12.2 Å². The van der Waals surface area contributed by atoms with Gasteiger partial charge >= 0.3 is 0 Å². The maximum Gasteiger partial charge on any atom is 0.265 e. The Balaban J connectivity index is 2.83. The summed E-state index contributed by atoms with van der Waals surface area (Å²) < 4.78 is 34.3. The summed E-state index contributed by atoms with van der Waals surface area (Å²) in [6.45, 7) is 0. The normalized spacial score (nSPS) is 38.4. The maximum absolute atomic E-state index is 10.7. The molecule has 10 nitrogen and oxygen atoms in total. The van der Waals surface area contributed by atoms with Crippen LogP contribution >= 0.6 is 25.1 Å². The Bertz CT molecular complexity index is 389. The summed E-state index contributed by atoms with van der Waals surface area (Å²) >= 11 is 0. The van der Waals surface area contributed by atoms with Crippen molar-refractivity contribution in [3.63, 3.8) is 0 Å². The van der Waals surface area contributed by atoms with E-state index >= 15 is 0 Å². The van der Waals surface area contributed by atoms with Crippen molar-refractivity contribution in [3.05, 3.63) is 12.8 Å². The third-order valence-corrected chi connectivity index (χ3v) is 3.49. The number of aliphatic hydroxyl groups is 1. The van der Waals surface area contributed by atoms with Crippen LogP contribution in [0.5, 0.6) is 0 Å². The van der Waals surface area contributed by atoms with Crippen molar-refractivity contribution >= 4 is 25.1 Å². The predicted octanol–water partition coefficient (Wildman–Crippen LogP) is -2.36. The lowest BCUT2D eigenvalue weighted by Gasteiger charge is -2.40. The third kappa shape index (κ3) is 5.83. The van der Waals surface area contributed by atoms with Gasteiger partial charge in [-0.15, -0.1) is 0 Å².